The van der Waals surface area contributed by atoms with Gasteiger partial charge >= 0.3 is 0 Å². The van der Waals surface area contributed by atoms with Crippen molar-refractivity contribution in [3.8, 4) is 0 Å². The minimum absolute atomic E-state index is 0.0327. The van der Waals surface area contributed by atoms with Gasteiger partial charge in [0.1, 0.15) is 5.58 Å². The summed E-state index contributed by atoms with van der Waals surface area (Å²) in [7, 11) is 0. The first-order chi connectivity index (χ1) is 13.3. The molecule has 1 amide bonds. The molecule has 1 aliphatic rings. The number of fused-ring (bicyclic) bond motifs is 2. The van der Waals surface area contributed by atoms with Crippen molar-refractivity contribution in [2.45, 2.75) is 18.9 Å². The molecule has 5 nitrogen and oxygen atoms in total. The van der Waals surface area contributed by atoms with Crippen LogP contribution in [0.1, 0.15) is 23.4 Å². The molecule has 1 aliphatic heterocycles. The Morgan fingerprint density at radius 3 is 2.85 bits per heavy atom. The molecule has 0 saturated carbocycles. The van der Waals surface area contributed by atoms with Crippen molar-refractivity contribution in [3.05, 3.63) is 60.4 Å². The van der Waals surface area contributed by atoms with E-state index in [1.54, 1.807) is 11.0 Å². The van der Waals surface area contributed by atoms with E-state index < -0.39 is 0 Å². The normalized spacial score (nSPS) is 17.0. The highest BCUT2D eigenvalue weighted by molar-refractivity contribution is 7.22. The first-order valence-electron chi connectivity index (χ1n) is 9.05. The molecule has 0 radical (unpaired) electrons. The minimum Gasteiger partial charge on any atom is -0.451 e. The van der Waals surface area contributed by atoms with Crippen LogP contribution in [-0.2, 0) is 4.74 Å². The molecule has 6 heteroatoms. The number of rotatable bonds is 4. The number of aromatic nitrogens is 1. The Morgan fingerprint density at radius 1 is 1.19 bits per heavy atom. The van der Waals surface area contributed by atoms with Crippen LogP contribution in [0.3, 0.4) is 0 Å². The SMILES string of the molecule is O=C(c1cc2ccccc2o1)N(C[C@@H]1CCCO1)c1nc2ccccc2s1. The zero-order valence-corrected chi connectivity index (χ0v) is 15.4. The zero-order chi connectivity index (χ0) is 18.2. The molecule has 2 aromatic carbocycles. The fourth-order valence-electron chi connectivity index (χ4n) is 3.44. The van der Waals surface area contributed by atoms with Gasteiger partial charge in [-0.1, -0.05) is 41.7 Å². The highest BCUT2D eigenvalue weighted by Crippen LogP contribution is 2.31. The standard InChI is InChI=1S/C21H18N2O3S/c24-20(18-12-14-6-1-3-9-17(14)26-18)23(13-15-7-5-11-25-15)21-22-16-8-2-4-10-19(16)27-21/h1-4,6,8-10,12,15H,5,7,11,13H2/t15-/m0/s1. The Bertz CT molecular complexity index is 1040. The predicted molar refractivity (Wildman–Crippen MR) is 106 cm³/mol. The summed E-state index contributed by atoms with van der Waals surface area (Å²) in [5, 5.41) is 1.60. The Hall–Kier alpha value is -2.70. The fourth-order valence-corrected chi connectivity index (χ4v) is 4.41. The molecule has 136 valence electrons. The summed E-state index contributed by atoms with van der Waals surface area (Å²) >= 11 is 1.52. The third-order valence-corrected chi connectivity index (χ3v) is 5.86. The van der Waals surface area contributed by atoms with E-state index in [2.05, 4.69) is 4.98 Å². The van der Waals surface area contributed by atoms with Crippen molar-refractivity contribution in [3.63, 3.8) is 0 Å². The molecule has 1 atom stereocenters. The van der Waals surface area contributed by atoms with Crippen LogP contribution in [0.15, 0.2) is 59.0 Å². The van der Waals surface area contributed by atoms with Crippen LogP contribution >= 0.6 is 11.3 Å². The lowest BCUT2D eigenvalue weighted by Crippen LogP contribution is -2.37. The van der Waals surface area contributed by atoms with E-state index in [1.807, 2.05) is 48.5 Å². The quantitative estimate of drug-likeness (QED) is 0.508. The maximum Gasteiger partial charge on any atom is 0.295 e. The molecule has 0 aliphatic carbocycles. The molecule has 4 aromatic rings. The predicted octanol–water partition coefficient (Wildman–Crippen LogP) is 4.87. The van der Waals surface area contributed by atoms with Gasteiger partial charge in [0.2, 0.25) is 0 Å². The van der Waals surface area contributed by atoms with Gasteiger partial charge in [-0.15, -0.1) is 0 Å². The highest BCUT2D eigenvalue weighted by Gasteiger charge is 2.28. The number of hydrogen-bond donors (Lipinski definition) is 0. The molecule has 0 spiro atoms. The van der Waals surface area contributed by atoms with Crippen molar-refractivity contribution in [2.24, 2.45) is 0 Å². The van der Waals surface area contributed by atoms with Crippen LogP contribution < -0.4 is 4.90 Å². The Balaban J connectivity index is 1.54. The van der Waals surface area contributed by atoms with E-state index in [4.69, 9.17) is 9.15 Å². The number of furan rings is 1. The fraction of sp³-hybridized carbons (Fsp3) is 0.238. The molecule has 1 saturated heterocycles. The van der Waals surface area contributed by atoms with Crippen LogP contribution in [-0.4, -0.2) is 30.1 Å². The number of carbonyl (C=O) groups is 1. The first-order valence-corrected chi connectivity index (χ1v) is 9.87. The van der Waals surface area contributed by atoms with Crippen molar-refractivity contribution < 1.29 is 13.9 Å². The molecule has 0 bridgehead atoms. The monoisotopic (exact) mass is 378 g/mol. The highest BCUT2D eigenvalue weighted by atomic mass is 32.1. The Kier molecular flexibility index (Phi) is 4.14. The van der Waals surface area contributed by atoms with E-state index in [-0.39, 0.29) is 12.0 Å². The molecular formula is C21H18N2O3S. The molecule has 1 fully saturated rings. The van der Waals surface area contributed by atoms with Crippen LogP contribution in [0.25, 0.3) is 21.2 Å². The number of benzene rings is 2. The second kappa shape index (κ2) is 6.79. The molecule has 5 rings (SSSR count). The van der Waals surface area contributed by atoms with Gasteiger partial charge in [0.05, 0.1) is 22.9 Å². The first kappa shape index (κ1) is 16.5. The molecule has 0 unspecified atom stereocenters. The smallest absolute Gasteiger partial charge is 0.295 e. The number of amides is 1. The third kappa shape index (κ3) is 3.11. The molecule has 3 heterocycles. The summed E-state index contributed by atoms with van der Waals surface area (Å²) in [4.78, 5) is 19.7. The lowest BCUT2D eigenvalue weighted by molar-refractivity contribution is 0.0896. The summed E-state index contributed by atoms with van der Waals surface area (Å²) in [6, 6.07) is 17.4. The minimum atomic E-state index is -0.180. The van der Waals surface area contributed by atoms with Crippen LogP contribution in [0.4, 0.5) is 5.13 Å². The average Bonchev–Trinajstić information content (AvgIpc) is 3.44. The van der Waals surface area contributed by atoms with Gasteiger partial charge in [-0.2, -0.15) is 0 Å². The third-order valence-electron chi connectivity index (χ3n) is 4.81. The Labute approximate surface area is 160 Å². The van der Waals surface area contributed by atoms with E-state index >= 15 is 0 Å². The topological polar surface area (TPSA) is 55.6 Å². The van der Waals surface area contributed by atoms with Gasteiger partial charge in [0.15, 0.2) is 10.9 Å². The van der Waals surface area contributed by atoms with E-state index in [1.165, 1.54) is 11.3 Å². The Morgan fingerprint density at radius 2 is 2.04 bits per heavy atom. The number of carbonyl (C=O) groups excluding carboxylic acids is 1. The number of ether oxygens (including phenoxy) is 1. The lowest BCUT2D eigenvalue weighted by atomic mass is 10.2. The van der Waals surface area contributed by atoms with Gasteiger partial charge in [-0.3, -0.25) is 9.69 Å². The summed E-state index contributed by atoms with van der Waals surface area (Å²) in [6.45, 7) is 1.23. The van der Waals surface area contributed by atoms with E-state index in [9.17, 15) is 4.79 Å². The van der Waals surface area contributed by atoms with Crippen molar-refractivity contribution in [1.82, 2.24) is 4.98 Å². The summed E-state index contributed by atoms with van der Waals surface area (Å²) in [5.41, 5.74) is 1.61. The van der Waals surface area contributed by atoms with Gasteiger partial charge in [-0.25, -0.2) is 4.98 Å². The maximum absolute atomic E-state index is 13.3. The molecule has 2 aromatic heterocycles. The van der Waals surface area contributed by atoms with Crippen LogP contribution in [0, 0.1) is 0 Å². The summed E-state index contributed by atoms with van der Waals surface area (Å²) < 4.78 is 12.6. The van der Waals surface area contributed by atoms with Gasteiger partial charge in [0.25, 0.3) is 5.91 Å². The van der Waals surface area contributed by atoms with Crippen molar-refractivity contribution in [2.75, 3.05) is 18.1 Å². The zero-order valence-electron chi connectivity index (χ0n) is 14.6. The van der Waals surface area contributed by atoms with Gasteiger partial charge < -0.3 is 9.15 Å². The second-order valence-electron chi connectivity index (χ2n) is 6.66. The van der Waals surface area contributed by atoms with Crippen molar-refractivity contribution in [1.29, 1.82) is 0 Å². The number of nitrogens with zero attached hydrogens (tertiary/aromatic N) is 2. The number of thiazole rings is 1. The number of anilines is 1. The largest absolute Gasteiger partial charge is 0.451 e. The van der Waals surface area contributed by atoms with Crippen LogP contribution in [0.5, 0.6) is 0 Å². The van der Waals surface area contributed by atoms with Crippen molar-refractivity contribution >= 4 is 43.6 Å². The maximum atomic E-state index is 13.3. The van der Waals surface area contributed by atoms with Crippen LogP contribution in [0.2, 0.25) is 0 Å². The number of hydrogen-bond acceptors (Lipinski definition) is 5. The molecule has 27 heavy (non-hydrogen) atoms. The summed E-state index contributed by atoms with van der Waals surface area (Å²) in [5.74, 6) is 0.147. The van der Waals surface area contributed by atoms with E-state index in [0.717, 1.165) is 35.1 Å². The number of para-hydroxylation sites is 2. The average molecular weight is 378 g/mol. The van der Waals surface area contributed by atoms with Gasteiger partial charge in [-0.05, 0) is 37.1 Å². The van der Waals surface area contributed by atoms with Gasteiger partial charge in [0, 0.05) is 12.0 Å². The summed E-state index contributed by atoms with van der Waals surface area (Å²) in [6.07, 6.45) is 2.01. The molecular weight excluding hydrogens is 360 g/mol. The lowest BCUT2D eigenvalue weighted by Gasteiger charge is -2.22. The second-order valence-corrected chi connectivity index (χ2v) is 7.67. The van der Waals surface area contributed by atoms with E-state index in [0.29, 0.717) is 23.0 Å². The molecule has 0 N–H and O–H groups in total.